The van der Waals surface area contributed by atoms with Gasteiger partial charge >= 0.3 is 0 Å². The van der Waals surface area contributed by atoms with E-state index in [9.17, 15) is 0 Å². The standard InChI is InChI=1S/C16H17N3O2/c1-10-6-7-19-14(8-10)18-15(16(19)17)12-9-11(20-2)4-5-13(12)21-3/h4-9H,17H2,1-3H3. The molecule has 0 unspecified atom stereocenters. The highest BCUT2D eigenvalue weighted by Gasteiger charge is 2.16. The molecule has 2 aromatic heterocycles. The van der Waals surface area contributed by atoms with Crippen molar-refractivity contribution in [3.05, 3.63) is 42.1 Å². The van der Waals surface area contributed by atoms with Crippen LogP contribution >= 0.6 is 0 Å². The third-order valence-electron chi connectivity index (χ3n) is 3.48. The zero-order valence-electron chi connectivity index (χ0n) is 12.3. The van der Waals surface area contributed by atoms with Gasteiger partial charge in [-0.05, 0) is 42.8 Å². The van der Waals surface area contributed by atoms with Crippen LogP contribution < -0.4 is 15.2 Å². The van der Waals surface area contributed by atoms with Gasteiger partial charge in [-0.25, -0.2) is 4.98 Å². The SMILES string of the molecule is COc1ccc(OC)c(-c2nc3cc(C)ccn3c2N)c1. The number of aryl methyl sites for hydroxylation is 1. The average Bonchev–Trinajstić information content (AvgIpc) is 2.82. The zero-order chi connectivity index (χ0) is 15.0. The maximum atomic E-state index is 6.24. The van der Waals surface area contributed by atoms with Crippen molar-refractivity contribution in [1.29, 1.82) is 0 Å². The Kier molecular flexibility index (Phi) is 3.17. The van der Waals surface area contributed by atoms with Crippen molar-refractivity contribution >= 4 is 11.5 Å². The van der Waals surface area contributed by atoms with Crippen LogP contribution in [-0.4, -0.2) is 23.6 Å². The quantitative estimate of drug-likeness (QED) is 0.803. The summed E-state index contributed by atoms with van der Waals surface area (Å²) in [5.41, 5.74) is 9.69. The van der Waals surface area contributed by atoms with Gasteiger partial charge in [-0.1, -0.05) is 0 Å². The number of fused-ring (bicyclic) bond motifs is 1. The molecule has 5 heteroatoms. The lowest BCUT2D eigenvalue weighted by Gasteiger charge is -2.09. The van der Waals surface area contributed by atoms with Crippen LogP contribution in [0.2, 0.25) is 0 Å². The van der Waals surface area contributed by atoms with Crippen molar-refractivity contribution < 1.29 is 9.47 Å². The van der Waals surface area contributed by atoms with Gasteiger partial charge in [-0.15, -0.1) is 0 Å². The van der Waals surface area contributed by atoms with Crippen LogP contribution in [-0.2, 0) is 0 Å². The summed E-state index contributed by atoms with van der Waals surface area (Å²) in [6.45, 7) is 2.02. The van der Waals surface area contributed by atoms with Crippen molar-refractivity contribution in [2.45, 2.75) is 6.92 Å². The summed E-state index contributed by atoms with van der Waals surface area (Å²) < 4.78 is 12.6. The molecular weight excluding hydrogens is 266 g/mol. The number of hydrogen-bond donors (Lipinski definition) is 1. The molecule has 2 heterocycles. The van der Waals surface area contributed by atoms with Gasteiger partial charge in [-0.3, -0.25) is 4.40 Å². The van der Waals surface area contributed by atoms with Crippen LogP contribution in [0.25, 0.3) is 16.9 Å². The van der Waals surface area contributed by atoms with Crippen molar-refractivity contribution in [1.82, 2.24) is 9.38 Å². The Bertz CT molecular complexity index is 809. The second-order valence-electron chi connectivity index (χ2n) is 4.84. The monoisotopic (exact) mass is 283 g/mol. The number of nitrogen functional groups attached to an aromatic ring is 1. The molecule has 21 heavy (non-hydrogen) atoms. The van der Waals surface area contributed by atoms with Gasteiger partial charge in [0.25, 0.3) is 0 Å². The lowest BCUT2D eigenvalue weighted by atomic mass is 10.1. The van der Waals surface area contributed by atoms with E-state index in [0.29, 0.717) is 17.3 Å². The molecule has 0 aliphatic rings. The number of nitrogens with zero attached hydrogens (tertiary/aromatic N) is 2. The third-order valence-corrected chi connectivity index (χ3v) is 3.48. The van der Waals surface area contributed by atoms with E-state index in [0.717, 1.165) is 22.5 Å². The van der Waals surface area contributed by atoms with Crippen LogP contribution in [0.1, 0.15) is 5.56 Å². The fraction of sp³-hybridized carbons (Fsp3) is 0.188. The molecule has 0 saturated carbocycles. The van der Waals surface area contributed by atoms with Crippen LogP contribution in [0.4, 0.5) is 5.82 Å². The first kappa shape index (κ1) is 13.3. The topological polar surface area (TPSA) is 61.8 Å². The zero-order valence-corrected chi connectivity index (χ0v) is 12.3. The summed E-state index contributed by atoms with van der Waals surface area (Å²) in [7, 11) is 3.25. The van der Waals surface area contributed by atoms with Crippen LogP contribution in [0, 0.1) is 6.92 Å². The Labute approximate surface area is 122 Å². The molecule has 0 spiro atoms. The number of nitrogens with two attached hydrogens (primary N) is 1. The molecule has 108 valence electrons. The van der Waals surface area contributed by atoms with Crippen LogP contribution in [0.3, 0.4) is 0 Å². The van der Waals surface area contributed by atoms with Gasteiger partial charge in [0.15, 0.2) is 0 Å². The maximum absolute atomic E-state index is 6.24. The van der Waals surface area contributed by atoms with E-state index < -0.39 is 0 Å². The molecule has 3 aromatic rings. The average molecular weight is 283 g/mol. The van der Waals surface area contributed by atoms with Crippen molar-refractivity contribution in [3.8, 4) is 22.8 Å². The molecule has 0 aliphatic carbocycles. The number of pyridine rings is 1. The highest BCUT2D eigenvalue weighted by Crippen LogP contribution is 2.36. The second kappa shape index (κ2) is 5.01. The minimum Gasteiger partial charge on any atom is -0.497 e. The first-order chi connectivity index (χ1) is 10.1. The Morgan fingerprint density at radius 2 is 1.90 bits per heavy atom. The van der Waals surface area contributed by atoms with E-state index in [1.807, 2.05) is 47.9 Å². The van der Waals surface area contributed by atoms with Gasteiger partial charge < -0.3 is 15.2 Å². The molecule has 0 radical (unpaired) electrons. The number of aromatic nitrogens is 2. The molecule has 1 aromatic carbocycles. The summed E-state index contributed by atoms with van der Waals surface area (Å²) in [5.74, 6) is 2.03. The molecule has 3 rings (SSSR count). The fourth-order valence-corrected chi connectivity index (χ4v) is 2.36. The Hall–Kier alpha value is -2.69. The Morgan fingerprint density at radius 1 is 1.10 bits per heavy atom. The third kappa shape index (κ3) is 2.16. The minimum atomic E-state index is 0.580. The molecular formula is C16H17N3O2. The number of ether oxygens (including phenoxy) is 2. The smallest absolute Gasteiger partial charge is 0.139 e. The molecule has 0 bridgehead atoms. The number of imidazole rings is 1. The molecule has 0 fully saturated rings. The lowest BCUT2D eigenvalue weighted by molar-refractivity contribution is 0.404. The summed E-state index contributed by atoms with van der Waals surface area (Å²) in [6, 6.07) is 9.56. The summed E-state index contributed by atoms with van der Waals surface area (Å²) in [5, 5.41) is 0. The van der Waals surface area contributed by atoms with Crippen LogP contribution in [0.15, 0.2) is 36.5 Å². The molecule has 0 aliphatic heterocycles. The maximum Gasteiger partial charge on any atom is 0.139 e. The first-order valence-electron chi connectivity index (χ1n) is 6.60. The number of methoxy groups -OCH3 is 2. The van der Waals surface area contributed by atoms with Crippen molar-refractivity contribution in [2.24, 2.45) is 0 Å². The normalized spacial score (nSPS) is 10.8. The Balaban J connectivity index is 2.26. The fourth-order valence-electron chi connectivity index (χ4n) is 2.36. The highest BCUT2D eigenvalue weighted by molar-refractivity contribution is 5.80. The van der Waals surface area contributed by atoms with E-state index in [1.54, 1.807) is 14.2 Å². The summed E-state index contributed by atoms with van der Waals surface area (Å²) in [6.07, 6.45) is 1.92. The number of rotatable bonds is 3. The van der Waals surface area contributed by atoms with Crippen molar-refractivity contribution in [2.75, 3.05) is 20.0 Å². The van der Waals surface area contributed by atoms with E-state index in [1.165, 1.54) is 0 Å². The first-order valence-corrected chi connectivity index (χ1v) is 6.60. The molecule has 5 nitrogen and oxygen atoms in total. The Morgan fingerprint density at radius 3 is 2.62 bits per heavy atom. The van der Waals surface area contributed by atoms with E-state index in [2.05, 4.69) is 4.98 Å². The predicted octanol–water partition coefficient (Wildman–Crippen LogP) is 2.91. The second-order valence-corrected chi connectivity index (χ2v) is 4.84. The number of hydrogen-bond acceptors (Lipinski definition) is 4. The van der Waals surface area contributed by atoms with Gasteiger partial charge in [0.05, 0.1) is 14.2 Å². The lowest BCUT2D eigenvalue weighted by Crippen LogP contribution is -1.96. The molecule has 2 N–H and O–H groups in total. The molecule has 0 amide bonds. The highest BCUT2D eigenvalue weighted by atomic mass is 16.5. The minimum absolute atomic E-state index is 0.580. The van der Waals surface area contributed by atoms with Gasteiger partial charge in [-0.2, -0.15) is 0 Å². The van der Waals surface area contributed by atoms with Gasteiger partial charge in [0.1, 0.15) is 28.7 Å². The molecule has 0 saturated heterocycles. The van der Waals surface area contributed by atoms with E-state index in [4.69, 9.17) is 15.2 Å². The predicted molar refractivity (Wildman–Crippen MR) is 82.9 cm³/mol. The van der Waals surface area contributed by atoms with Gasteiger partial charge in [0.2, 0.25) is 0 Å². The van der Waals surface area contributed by atoms with Crippen molar-refractivity contribution in [3.63, 3.8) is 0 Å². The summed E-state index contributed by atoms with van der Waals surface area (Å²) in [4.78, 5) is 4.63. The molecule has 0 atom stereocenters. The van der Waals surface area contributed by atoms with E-state index >= 15 is 0 Å². The largest absolute Gasteiger partial charge is 0.497 e. The van der Waals surface area contributed by atoms with Gasteiger partial charge in [0, 0.05) is 11.8 Å². The number of anilines is 1. The van der Waals surface area contributed by atoms with Crippen LogP contribution in [0.5, 0.6) is 11.5 Å². The summed E-state index contributed by atoms with van der Waals surface area (Å²) >= 11 is 0. The number of benzene rings is 1. The van der Waals surface area contributed by atoms with E-state index in [-0.39, 0.29) is 0 Å².